The normalized spacial score (nSPS) is 29.3. The molecule has 5 heteroatoms. The van der Waals surface area contributed by atoms with Gasteiger partial charge in [-0.05, 0) is 44.9 Å². The molecule has 0 N–H and O–H groups in total. The molecule has 1 heterocycles. The van der Waals surface area contributed by atoms with Gasteiger partial charge in [-0.25, -0.2) is 8.42 Å². The summed E-state index contributed by atoms with van der Waals surface area (Å²) in [6.45, 7) is 0.865. The third-order valence-corrected chi connectivity index (χ3v) is 6.14. The first-order valence-electron chi connectivity index (χ1n) is 5.59. The van der Waals surface area contributed by atoms with E-state index in [4.69, 9.17) is 15.4 Å². The summed E-state index contributed by atoms with van der Waals surface area (Å²) >= 11 is 0. The van der Waals surface area contributed by atoms with Crippen LogP contribution in [0.1, 0.15) is 44.9 Å². The fourth-order valence-corrected chi connectivity index (χ4v) is 3.95. The Hall–Kier alpha value is 0.200. The minimum absolute atomic E-state index is 0.360. The first kappa shape index (κ1) is 11.7. The standard InChI is InChI=1S/C10H17ClO3S/c11-15(12,13)10(6-7-10)5-1-3-9-4-2-8-14-9/h9H,1-8H2. The first-order chi connectivity index (χ1) is 7.04. The molecule has 88 valence electrons. The van der Waals surface area contributed by atoms with E-state index in [1.807, 2.05) is 0 Å². The summed E-state index contributed by atoms with van der Waals surface area (Å²) in [6.07, 6.45) is 6.71. The minimum atomic E-state index is -3.36. The van der Waals surface area contributed by atoms with Gasteiger partial charge in [0.1, 0.15) is 0 Å². The Morgan fingerprint density at radius 1 is 1.40 bits per heavy atom. The van der Waals surface area contributed by atoms with Crippen molar-refractivity contribution in [1.29, 1.82) is 0 Å². The predicted octanol–water partition coefficient (Wildman–Crippen LogP) is 2.44. The molecule has 1 atom stereocenters. The lowest BCUT2D eigenvalue weighted by molar-refractivity contribution is 0.102. The maximum absolute atomic E-state index is 11.3. The van der Waals surface area contributed by atoms with Crippen LogP contribution in [0.5, 0.6) is 0 Å². The van der Waals surface area contributed by atoms with Gasteiger partial charge in [0, 0.05) is 17.3 Å². The van der Waals surface area contributed by atoms with Crippen molar-refractivity contribution in [2.24, 2.45) is 0 Å². The molecule has 0 radical (unpaired) electrons. The highest BCUT2D eigenvalue weighted by molar-refractivity contribution is 8.15. The molecule has 0 amide bonds. The van der Waals surface area contributed by atoms with Gasteiger partial charge in [-0.1, -0.05) is 0 Å². The summed E-state index contributed by atoms with van der Waals surface area (Å²) < 4.78 is 27.5. The zero-order chi connectivity index (χ0) is 10.9. The Morgan fingerprint density at radius 2 is 2.13 bits per heavy atom. The number of halogens is 1. The summed E-state index contributed by atoms with van der Waals surface area (Å²) in [5.41, 5.74) is 0. The second-order valence-corrected chi connectivity index (χ2v) is 7.61. The van der Waals surface area contributed by atoms with E-state index >= 15 is 0 Å². The second-order valence-electron chi connectivity index (χ2n) is 4.65. The largest absolute Gasteiger partial charge is 0.378 e. The third-order valence-electron chi connectivity index (χ3n) is 3.51. The number of rotatable bonds is 5. The topological polar surface area (TPSA) is 43.4 Å². The number of ether oxygens (including phenoxy) is 1. The van der Waals surface area contributed by atoms with Crippen LogP contribution in [0.2, 0.25) is 0 Å². The van der Waals surface area contributed by atoms with Crippen LogP contribution in [-0.4, -0.2) is 25.9 Å². The van der Waals surface area contributed by atoms with Crippen LogP contribution in [0.25, 0.3) is 0 Å². The quantitative estimate of drug-likeness (QED) is 0.706. The minimum Gasteiger partial charge on any atom is -0.378 e. The van der Waals surface area contributed by atoms with Crippen molar-refractivity contribution < 1.29 is 13.2 Å². The van der Waals surface area contributed by atoms with Crippen LogP contribution in [0, 0.1) is 0 Å². The molecule has 0 aromatic rings. The van der Waals surface area contributed by atoms with E-state index in [1.165, 1.54) is 0 Å². The lowest BCUT2D eigenvalue weighted by atomic mass is 10.1. The van der Waals surface area contributed by atoms with E-state index in [2.05, 4.69) is 0 Å². The molecule has 0 aromatic heterocycles. The Bertz CT molecular complexity index is 316. The molecule has 2 aliphatic rings. The summed E-state index contributed by atoms with van der Waals surface area (Å²) in [4.78, 5) is 0. The van der Waals surface area contributed by atoms with Gasteiger partial charge in [-0.3, -0.25) is 0 Å². The van der Waals surface area contributed by atoms with Crippen LogP contribution in [-0.2, 0) is 13.8 Å². The molecule has 0 bridgehead atoms. The average Bonchev–Trinajstić information content (AvgIpc) is 2.75. The highest BCUT2D eigenvalue weighted by atomic mass is 35.7. The molecule has 1 unspecified atom stereocenters. The Morgan fingerprint density at radius 3 is 2.60 bits per heavy atom. The van der Waals surface area contributed by atoms with Gasteiger partial charge in [0.2, 0.25) is 9.05 Å². The van der Waals surface area contributed by atoms with E-state index in [1.54, 1.807) is 0 Å². The summed E-state index contributed by atoms with van der Waals surface area (Å²) in [5, 5.41) is 0. The Balaban J connectivity index is 1.74. The summed E-state index contributed by atoms with van der Waals surface area (Å²) in [5.74, 6) is 0. The molecule has 1 aliphatic heterocycles. The summed E-state index contributed by atoms with van der Waals surface area (Å²) in [7, 11) is 2.07. The maximum atomic E-state index is 11.3. The Labute approximate surface area is 95.6 Å². The molecule has 1 saturated carbocycles. The summed E-state index contributed by atoms with van der Waals surface area (Å²) in [6, 6.07) is 0. The first-order valence-corrected chi connectivity index (χ1v) is 7.90. The van der Waals surface area contributed by atoms with E-state index in [9.17, 15) is 8.42 Å². The molecule has 0 spiro atoms. The van der Waals surface area contributed by atoms with Gasteiger partial charge in [-0.15, -0.1) is 0 Å². The molecule has 3 nitrogen and oxygen atoms in total. The lowest BCUT2D eigenvalue weighted by Crippen LogP contribution is -2.18. The van der Waals surface area contributed by atoms with Gasteiger partial charge in [0.05, 0.1) is 10.9 Å². The molecule has 15 heavy (non-hydrogen) atoms. The number of hydrogen-bond acceptors (Lipinski definition) is 3. The van der Waals surface area contributed by atoms with E-state index in [0.29, 0.717) is 12.5 Å². The van der Waals surface area contributed by atoms with Crippen molar-refractivity contribution in [3.05, 3.63) is 0 Å². The van der Waals surface area contributed by atoms with Gasteiger partial charge in [-0.2, -0.15) is 0 Å². The van der Waals surface area contributed by atoms with Crippen LogP contribution in [0.4, 0.5) is 0 Å². The average molecular weight is 253 g/mol. The molecule has 2 fully saturated rings. The molecule has 1 saturated heterocycles. The molecule has 1 aliphatic carbocycles. The Kier molecular flexibility index (Phi) is 3.29. The maximum Gasteiger partial charge on any atom is 0.238 e. The van der Waals surface area contributed by atoms with Crippen molar-refractivity contribution in [2.75, 3.05) is 6.61 Å². The third kappa shape index (κ3) is 2.66. The molecular weight excluding hydrogens is 236 g/mol. The van der Waals surface area contributed by atoms with Crippen LogP contribution in [0.15, 0.2) is 0 Å². The highest BCUT2D eigenvalue weighted by Gasteiger charge is 2.53. The van der Waals surface area contributed by atoms with Crippen molar-refractivity contribution in [3.8, 4) is 0 Å². The molecule has 0 aromatic carbocycles. The second kappa shape index (κ2) is 4.22. The predicted molar refractivity (Wildman–Crippen MR) is 59.6 cm³/mol. The van der Waals surface area contributed by atoms with Gasteiger partial charge in [0.25, 0.3) is 0 Å². The van der Waals surface area contributed by atoms with E-state index in [-0.39, 0.29) is 0 Å². The van der Waals surface area contributed by atoms with Gasteiger partial charge in [0.15, 0.2) is 0 Å². The van der Waals surface area contributed by atoms with E-state index < -0.39 is 13.8 Å². The van der Waals surface area contributed by atoms with Crippen molar-refractivity contribution in [3.63, 3.8) is 0 Å². The molecule has 2 rings (SSSR count). The van der Waals surface area contributed by atoms with Crippen molar-refractivity contribution >= 4 is 19.7 Å². The lowest BCUT2D eigenvalue weighted by Gasteiger charge is -2.13. The van der Waals surface area contributed by atoms with Crippen LogP contribution >= 0.6 is 10.7 Å². The highest BCUT2D eigenvalue weighted by Crippen LogP contribution is 2.49. The fourth-order valence-electron chi connectivity index (χ4n) is 2.28. The van der Waals surface area contributed by atoms with Crippen LogP contribution < -0.4 is 0 Å². The van der Waals surface area contributed by atoms with Crippen LogP contribution in [0.3, 0.4) is 0 Å². The SMILES string of the molecule is O=S(=O)(Cl)C1(CCCC2CCCO2)CC1. The fraction of sp³-hybridized carbons (Fsp3) is 1.00. The zero-order valence-electron chi connectivity index (χ0n) is 8.75. The monoisotopic (exact) mass is 252 g/mol. The van der Waals surface area contributed by atoms with Crippen molar-refractivity contribution in [1.82, 2.24) is 0 Å². The van der Waals surface area contributed by atoms with E-state index in [0.717, 1.165) is 45.1 Å². The van der Waals surface area contributed by atoms with Crippen molar-refractivity contribution in [2.45, 2.75) is 55.8 Å². The zero-order valence-corrected chi connectivity index (χ0v) is 10.3. The smallest absolute Gasteiger partial charge is 0.238 e. The molecular formula is C10H17ClO3S. The van der Waals surface area contributed by atoms with Gasteiger partial charge < -0.3 is 4.74 Å². The van der Waals surface area contributed by atoms with Gasteiger partial charge >= 0.3 is 0 Å². The number of hydrogen-bond donors (Lipinski definition) is 0.